The maximum atomic E-state index is 9.00. The normalized spacial score (nSPS) is 27.3. The Labute approximate surface area is 113 Å². The van der Waals surface area contributed by atoms with Gasteiger partial charge in [-0.3, -0.25) is 0 Å². The van der Waals surface area contributed by atoms with Crippen LogP contribution in [0.4, 0.5) is 0 Å². The molecule has 0 amide bonds. The molecule has 0 saturated heterocycles. The summed E-state index contributed by atoms with van der Waals surface area (Å²) in [5.74, 6) is 0.742. The van der Waals surface area contributed by atoms with Crippen LogP contribution in [0.3, 0.4) is 0 Å². The Hall–Kier alpha value is -0.120. The first-order valence-electron chi connectivity index (χ1n) is 7.44. The van der Waals surface area contributed by atoms with Crippen LogP contribution in [0.1, 0.15) is 47.0 Å². The molecule has 0 aliphatic heterocycles. The van der Waals surface area contributed by atoms with E-state index in [9.17, 15) is 0 Å². The van der Waals surface area contributed by atoms with Crippen LogP contribution >= 0.6 is 0 Å². The van der Waals surface area contributed by atoms with Crippen LogP contribution in [-0.4, -0.2) is 48.8 Å². The molecule has 0 spiro atoms. The number of aliphatic hydroxyl groups excluding tert-OH is 1. The second-order valence-corrected chi connectivity index (χ2v) is 6.72. The van der Waals surface area contributed by atoms with Crippen molar-refractivity contribution in [2.24, 2.45) is 11.3 Å². The molecule has 0 heterocycles. The van der Waals surface area contributed by atoms with Crippen molar-refractivity contribution in [1.82, 2.24) is 10.2 Å². The van der Waals surface area contributed by atoms with E-state index in [1.807, 2.05) is 0 Å². The molecule has 0 bridgehead atoms. The summed E-state index contributed by atoms with van der Waals surface area (Å²) in [5, 5.41) is 12.5. The summed E-state index contributed by atoms with van der Waals surface area (Å²) >= 11 is 0. The molecule has 0 aromatic carbocycles. The van der Waals surface area contributed by atoms with Crippen LogP contribution in [0.2, 0.25) is 0 Å². The van der Waals surface area contributed by atoms with Crippen molar-refractivity contribution in [3.63, 3.8) is 0 Å². The minimum Gasteiger partial charge on any atom is -0.396 e. The molecular formula is C15H32N2O. The minimum absolute atomic E-state index is 0.300. The molecule has 1 saturated carbocycles. The fourth-order valence-corrected chi connectivity index (χ4v) is 3.48. The van der Waals surface area contributed by atoms with Gasteiger partial charge in [0.25, 0.3) is 0 Å². The highest BCUT2D eigenvalue weighted by molar-refractivity contribution is 4.96. The maximum Gasteiger partial charge on any atom is 0.0443 e. The van der Waals surface area contributed by atoms with E-state index >= 15 is 0 Å². The van der Waals surface area contributed by atoms with Gasteiger partial charge in [-0.1, -0.05) is 13.8 Å². The lowest BCUT2D eigenvalue weighted by molar-refractivity contribution is 0.147. The fraction of sp³-hybridized carbons (Fsp3) is 1.00. The van der Waals surface area contributed by atoms with Gasteiger partial charge in [-0.15, -0.1) is 0 Å². The summed E-state index contributed by atoms with van der Waals surface area (Å²) in [6, 6.07) is 1.19. The van der Waals surface area contributed by atoms with Crippen molar-refractivity contribution in [3.05, 3.63) is 0 Å². The van der Waals surface area contributed by atoms with Gasteiger partial charge in [-0.2, -0.15) is 0 Å². The van der Waals surface area contributed by atoms with E-state index in [1.54, 1.807) is 0 Å². The monoisotopic (exact) mass is 256 g/mol. The van der Waals surface area contributed by atoms with E-state index in [4.69, 9.17) is 5.11 Å². The van der Waals surface area contributed by atoms with Crippen LogP contribution < -0.4 is 5.32 Å². The van der Waals surface area contributed by atoms with Gasteiger partial charge < -0.3 is 15.3 Å². The number of nitrogens with zero attached hydrogens (tertiary/aromatic N) is 1. The van der Waals surface area contributed by atoms with Crippen molar-refractivity contribution >= 4 is 0 Å². The Morgan fingerprint density at radius 3 is 2.56 bits per heavy atom. The standard InChI is InChI=1S/C15H32N2O/c1-12(2)17(9-6-10-18)11-13-7-8-15(3,4)14(13)16-5/h12-14,16,18H,6-11H2,1-5H3. The number of aliphatic hydroxyl groups is 1. The highest BCUT2D eigenvalue weighted by atomic mass is 16.3. The van der Waals surface area contributed by atoms with Crippen molar-refractivity contribution in [2.45, 2.75) is 59.0 Å². The lowest BCUT2D eigenvalue weighted by atomic mass is 9.84. The summed E-state index contributed by atoms with van der Waals surface area (Å²) in [6.45, 7) is 11.7. The van der Waals surface area contributed by atoms with E-state index in [-0.39, 0.29) is 0 Å². The van der Waals surface area contributed by atoms with Gasteiger partial charge in [0.1, 0.15) is 0 Å². The molecular weight excluding hydrogens is 224 g/mol. The third-order valence-corrected chi connectivity index (χ3v) is 4.59. The average Bonchev–Trinajstić information content (AvgIpc) is 2.58. The van der Waals surface area contributed by atoms with Crippen LogP contribution in [0, 0.1) is 11.3 Å². The van der Waals surface area contributed by atoms with Crippen LogP contribution in [0.5, 0.6) is 0 Å². The van der Waals surface area contributed by atoms with Gasteiger partial charge in [-0.05, 0) is 51.5 Å². The van der Waals surface area contributed by atoms with Gasteiger partial charge in [0.05, 0.1) is 0 Å². The summed E-state index contributed by atoms with van der Waals surface area (Å²) in [4.78, 5) is 2.52. The Kier molecular flexibility index (Phi) is 6.09. The largest absolute Gasteiger partial charge is 0.396 e. The number of hydrogen-bond donors (Lipinski definition) is 2. The molecule has 1 fully saturated rings. The Bertz CT molecular complexity index is 241. The SMILES string of the molecule is CNC1C(CN(CCCO)C(C)C)CCC1(C)C. The van der Waals surface area contributed by atoms with Crippen molar-refractivity contribution in [2.75, 3.05) is 26.7 Å². The Balaban J connectivity index is 2.58. The van der Waals surface area contributed by atoms with Crippen molar-refractivity contribution in [3.8, 4) is 0 Å². The van der Waals surface area contributed by atoms with Gasteiger partial charge in [0, 0.05) is 31.8 Å². The molecule has 2 atom stereocenters. The molecule has 1 rings (SSSR count). The molecule has 2 N–H and O–H groups in total. The first-order chi connectivity index (χ1) is 8.42. The predicted octanol–water partition coefficient (Wildman–Crippen LogP) is 2.10. The third-order valence-electron chi connectivity index (χ3n) is 4.59. The zero-order chi connectivity index (χ0) is 13.8. The molecule has 1 aliphatic rings. The van der Waals surface area contributed by atoms with Crippen molar-refractivity contribution < 1.29 is 5.11 Å². The predicted molar refractivity (Wildman–Crippen MR) is 77.8 cm³/mol. The number of nitrogens with one attached hydrogen (secondary N) is 1. The van der Waals surface area contributed by atoms with E-state index in [1.165, 1.54) is 12.8 Å². The van der Waals surface area contributed by atoms with Gasteiger partial charge in [0.15, 0.2) is 0 Å². The molecule has 1 aliphatic carbocycles. The summed E-state index contributed by atoms with van der Waals surface area (Å²) in [7, 11) is 2.10. The Morgan fingerprint density at radius 2 is 2.06 bits per heavy atom. The highest BCUT2D eigenvalue weighted by Crippen LogP contribution is 2.41. The highest BCUT2D eigenvalue weighted by Gasteiger charge is 2.41. The molecule has 0 radical (unpaired) electrons. The smallest absolute Gasteiger partial charge is 0.0443 e. The zero-order valence-corrected chi connectivity index (χ0v) is 12.9. The topological polar surface area (TPSA) is 35.5 Å². The van der Waals surface area contributed by atoms with E-state index < -0.39 is 0 Å². The third kappa shape index (κ3) is 3.94. The summed E-state index contributed by atoms with van der Waals surface area (Å²) in [5.41, 5.74) is 0.416. The van der Waals surface area contributed by atoms with Gasteiger partial charge in [0.2, 0.25) is 0 Å². The first-order valence-corrected chi connectivity index (χ1v) is 7.44. The van der Waals surface area contributed by atoms with E-state index in [0.29, 0.717) is 24.1 Å². The van der Waals surface area contributed by atoms with Gasteiger partial charge in [-0.25, -0.2) is 0 Å². The Morgan fingerprint density at radius 1 is 1.39 bits per heavy atom. The molecule has 0 aromatic rings. The van der Waals surface area contributed by atoms with E-state index in [0.717, 1.165) is 25.4 Å². The van der Waals surface area contributed by atoms with E-state index in [2.05, 4.69) is 45.0 Å². The van der Waals surface area contributed by atoms with Crippen LogP contribution in [0.25, 0.3) is 0 Å². The molecule has 108 valence electrons. The van der Waals surface area contributed by atoms with Crippen molar-refractivity contribution in [1.29, 1.82) is 0 Å². The van der Waals surface area contributed by atoms with Gasteiger partial charge >= 0.3 is 0 Å². The molecule has 18 heavy (non-hydrogen) atoms. The lowest BCUT2D eigenvalue weighted by Crippen LogP contribution is -2.45. The lowest BCUT2D eigenvalue weighted by Gasteiger charge is -2.35. The van der Waals surface area contributed by atoms with Crippen LogP contribution in [0.15, 0.2) is 0 Å². The second kappa shape index (κ2) is 6.88. The average molecular weight is 256 g/mol. The molecule has 3 nitrogen and oxygen atoms in total. The minimum atomic E-state index is 0.300. The fourth-order valence-electron chi connectivity index (χ4n) is 3.48. The summed E-state index contributed by atoms with van der Waals surface area (Å²) in [6.07, 6.45) is 3.52. The number of hydrogen-bond acceptors (Lipinski definition) is 3. The molecule has 0 aromatic heterocycles. The second-order valence-electron chi connectivity index (χ2n) is 6.72. The maximum absolute atomic E-state index is 9.00. The zero-order valence-electron chi connectivity index (χ0n) is 12.9. The van der Waals surface area contributed by atoms with Crippen LogP contribution in [-0.2, 0) is 0 Å². The first kappa shape index (κ1) is 15.9. The molecule has 2 unspecified atom stereocenters. The quantitative estimate of drug-likeness (QED) is 0.732. The summed E-state index contributed by atoms with van der Waals surface area (Å²) < 4.78 is 0. The molecule has 3 heteroatoms. The number of rotatable bonds is 7.